The van der Waals surface area contributed by atoms with Crippen LogP contribution in [-0.4, -0.2) is 5.43 Å². The molecule has 5 atom stereocenters. The Morgan fingerprint density at radius 2 is 1.80 bits per heavy atom. The molecule has 2 saturated carbocycles. The minimum Gasteiger partial charge on any atom is -1.00 e. The molecule has 0 nitrogen and oxygen atoms in total. The fourth-order valence-corrected chi connectivity index (χ4v) is 4.98. The molecule has 0 aromatic carbocycles. The standard InChI is InChI=1S/C19H23.C2H6Si.2ClH.Zr/c1-13-6-4-9-15(13)17-10-5-11-18-16-8-3-2-7-14(16)12-19(17)18;1-3-2;;;/h2-4,6-8,12,14,16-19H,5,9-11H2,1H3;1-2H3;2*1H;/q-1;;;;+2/p-2. The maximum atomic E-state index is 2.69. The molecule has 4 aliphatic carbocycles. The van der Waals surface area contributed by atoms with Crippen molar-refractivity contribution in [1.29, 1.82) is 0 Å². The van der Waals surface area contributed by atoms with Crippen LogP contribution in [0.1, 0.15) is 32.6 Å². The van der Waals surface area contributed by atoms with Gasteiger partial charge < -0.3 is 31.2 Å². The third-order valence-electron chi connectivity index (χ3n) is 5.83. The van der Waals surface area contributed by atoms with Crippen molar-refractivity contribution in [1.82, 2.24) is 0 Å². The van der Waals surface area contributed by atoms with E-state index in [1.54, 1.807) is 34.5 Å². The molecule has 4 aliphatic rings. The molecular formula is C21H29Cl2SiZr-. The van der Waals surface area contributed by atoms with E-state index in [4.69, 9.17) is 0 Å². The summed E-state index contributed by atoms with van der Waals surface area (Å²) in [6.45, 7) is 6.93. The number of halogens is 2. The quantitative estimate of drug-likeness (QED) is 0.363. The molecule has 0 bridgehead atoms. The van der Waals surface area contributed by atoms with E-state index in [9.17, 15) is 0 Å². The van der Waals surface area contributed by atoms with E-state index in [1.165, 1.54) is 25.7 Å². The summed E-state index contributed by atoms with van der Waals surface area (Å²) in [5, 5.41) is 0. The fourth-order valence-electron chi connectivity index (χ4n) is 4.98. The van der Waals surface area contributed by atoms with Gasteiger partial charge in [0.25, 0.3) is 0 Å². The summed E-state index contributed by atoms with van der Waals surface area (Å²) in [5.41, 5.74) is 3.51. The van der Waals surface area contributed by atoms with Crippen LogP contribution in [0.4, 0.5) is 0 Å². The van der Waals surface area contributed by atoms with E-state index < -0.39 is 0 Å². The van der Waals surface area contributed by atoms with Crippen LogP contribution in [0.25, 0.3) is 0 Å². The predicted octanol–water partition coefficient (Wildman–Crippen LogP) is -0.336. The van der Waals surface area contributed by atoms with Crippen molar-refractivity contribution in [2.75, 3.05) is 0 Å². The molecule has 25 heavy (non-hydrogen) atoms. The van der Waals surface area contributed by atoms with Crippen LogP contribution in [0, 0.1) is 36.0 Å². The smallest absolute Gasteiger partial charge is 1.00 e. The molecule has 0 N–H and O–H groups in total. The molecule has 5 unspecified atom stereocenters. The van der Waals surface area contributed by atoms with E-state index in [2.05, 4.69) is 62.9 Å². The minimum absolute atomic E-state index is 0. The number of allylic oxidation sites excluding steroid dienone is 8. The summed E-state index contributed by atoms with van der Waals surface area (Å²) >= 11 is 1.74. The van der Waals surface area contributed by atoms with Gasteiger partial charge >= 0.3 is 41.9 Å². The van der Waals surface area contributed by atoms with Gasteiger partial charge in [-0.1, -0.05) is 60.3 Å². The fraction of sp³-hybridized carbons (Fsp3) is 0.571. The van der Waals surface area contributed by atoms with Gasteiger partial charge in [0, 0.05) is 0 Å². The van der Waals surface area contributed by atoms with Gasteiger partial charge in [0.2, 0.25) is 0 Å². The van der Waals surface area contributed by atoms with Crippen LogP contribution in [-0.2, 0) is 23.3 Å². The number of hydrogen-bond donors (Lipinski definition) is 0. The van der Waals surface area contributed by atoms with Crippen molar-refractivity contribution in [2.45, 2.75) is 45.7 Å². The summed E-state index contributed by atoms with van der Waals surface area (Å²) < 4.78 is 0. The van der Waals surface area contributed by atoms with Crippen molar-refractivity contribution in [3.05, 3.63) is 54.0 Å². The van der Waals surface area contributed by atoms with Gasteiger partial charge in [-0.05, 0) is 31.6 Å². The summed E-state index contributed by atoms with van der Waals surface area (Å²) in [4.78, 5) is 0. The van der Waals surface area contributed by atoms with E-state index in [-0.39, 0.29) is 30.2 Å². The summed E-state index contributed by atoms with van der Waals surface area (Å²) in [6.07, 6.45) is 22.3. The van der Waals surface area contributed by atoms with Gasteiger partial charge in [-0.2, -0.15) is 5.92 Å². The van der Waals surface area contributed by atoms with Crippen molar-refractivity contribution in [2.24, 2.45) is 29.6 Å². The summed E-state index contributed by atoms with van der Waals surface area (Å²) in [7, 11) is 0. The van der Waals surface area contributed by atoms with Crippen LogP contribution in [0.2, 0.25) is 13.1 Å². The summed E-state index contributed by atoms with van der Waals surface area (Å²) in [6, 6.07) is 0. The molecule has 0 aromatic rings. The Hall–Kier alpha value is 0.640. The SMILES string of the molecule is CC1=C(C2CCCC3C4C=CC=CC4[CH-]C23)CC=C1.C[Si](C)=[Zr+2].[Cl-].[Cl-]. The number of fused-ring (bicyclic) bond motifs is 3. The third kappa shape index (κ3) is 5.56. The second-order valence-electron chi connectivity index (χ2n) is 7.71. The largest absolute Gasteiger partial charge is 1.00 e. The molecule has 0 radical (unpaired) electrons. The number of hydrogen-bond acceptors (Lipinski definition) is 0. The zero-order valence-electron chi connectivity index (χ0n) is 15.5. The molecule has 136 valence electrons. The first-order chi connectivity index (χ1) is 11.1. The number of rotatable bonds is 1. The third-order valence-corrected chi connectivity index (χ3v) is 5.83. The van der Waals surface area contributed by atoms with Crippen molar-refractivity contribution < 1.29 is 48.1 Å². The molecule has 0 aromatic heterocycles. The Morgan fingerprint density at radius 1 is 1.12 bits per heavy atom. The monoisotopic (exact) mass is 469 g/mol. The molecule has 2 fully saturated rings. The van der Waals surface area contributed by atoms with Crippen LogP contribution >= 0.6 is 0 Å². The van der Waals surface area contributed by atoms with Gasteiger partial charge in [-0.15, -0.1) is 12.0 Å². The summed E-state index contributed by atoms with van der Waals surface area (Å²) in [5.74, 6) is 4.09. The van der Waals surface area contributed by atoms with Gasteiger partial charge in [0.1, 0.15) is 0 Å². The molecule has 0 heterocycles. The second-order valence-corrected chi connectivity index (χ2v) is 17.1. The van der Waals surface area contributed by atoms with Gasteiger partial charge in [-0.3, -0.25) is 0 Å². The minimum atomic E-state index is 0. The van der Waals surface area contributed by atoms with Crippen molar-refractivity contribution in [3.8, 4) is 0 Å². The first-order valence-electron chi connectivity index (χ1n) is 9.16. The van der Waals surface area contributed by atoms with Gasteiger partial charge in [-0.25, -0.2) is 0 Å². The maximum Gasteiger partial charge on any atom is -1.00 e. The van der Waals surface area contributed by atoms with E-state index in [0.717, 1.165) is 29.6 Å². The predicted molar refractivity (Wildman–Crippen MR) is 97.8 cm³/mol. The molecule has 4 rings (SSSR count). The van der Waals surface area contributed by atoms with E-state index in [0.29, 0.717) is 0 Å². The maximum absolute atomic E-state index is 2.69. The molecular weight excluding hydrogens is 442 g/mol. The normalized spacial score (nSPS) is 34.4. The first kappa shape index (κ1) is 23.7. The van der Waals surface area contributed by atoms with Crippen LogP contribution in [0.5, 0.6) is 0 Å². The Labute approximate surface area is 181 Å². The first-order valence-corrected chi connectivity index (χ1v) is 15.3. The molecule has 4 heteroatoms. The van der Waals surface area contributed by atoms with Gasteiger partial charge in [0.05, 0.1) is 0 Å². The van der Waals surface area contributed by atoms with E-state index in [1.807, 2.05) is 0 Å². The topological polar surface area (TPSA) is 0 Å². The Morgan fingerprint density at radius 3 is 2.44 bits per heavy atom. The van der Waals surface area contributed by atoms with Crippen molar-refractivity contribution >= 4 is 5.43 Å². The zero-order chi connectivity index (χ0) is 16.4. The zero-order valence-corrected chi connectivity index (χ0v) is 20.5. The molecule has 0 spiro atoms. The van der Waals surface area contributed by atoms with Crippen LogP contribution in [0.15, 0.2) is 47.6 Å². The van der Waals surface area contributed by atoms with Crippen molar-refractivity contribution in [3.63, 3.8) is 0 Å². The average Bonchev–Trinajstić information content (AvgIpc) is 3.10. The molecule has 0 saturated heterocycles. The Kier molecular flexibility index (Phi) is 10.3. The molecule has 0 aliphatic heterocycles. The Bertz CT molecular complexity index is 587. The van der Waals surface area contributed by atoms with E-state index >= 15 is 0 Å². The Balaban J connectivity index is 0.000000476. The second kappa shape index (κ2) is 10.8. The van der Waals surface area contributed by atoms with Gasteiger partial charge in [0.15, 0.2) is 0 Å². The average molecular weight is 472 g/mol. The van der Waals surface area contributed by atoms with Crippen LogP contribution < -0.4 is 24.8 Å². The molecule has 0 amide bonds. The van der Waals surface area contributed by atoms with Crippen LogP contribution in [0.3, 0.4) is 0 Å².